The summed E-state index contributed by atoms with van der Waals surface area (Å²) in [7, 11) is 4.14. The molecule has 0 radical (unpaired) electrons. The topological polar surface area (TPSA) is 15.3 Å². The van der Waals surface area contributed by atoms with Crippen molar-refractivity contribution in [1.82, 2.24) is 10.2 Å². The maximum atomic E-state index is 13.9. The number of halogens is 1. The highest BCUT2D eigenvalue weighted by atomic mass is 19.1. The first-order valence-electron chi connectivity index (χ1n) is 8.25. The van der Waals surface area contributed by atoms with E-state index in [0.717, 1.165) is 24.4 Å². The molecule has 21 heavy (non-hydrogen) atoms. The third-order valence-corrected chi connectivity index (χ3v) is 5.03. The fourth-order valence-corrected chi connectivity index (χ4v) is 3.66. The van der Waals surface area contributed by atoms with Crippen molar-refractivity contribution < 1.29 is 4.39 Å². The van der Waals surface area contributed by atoms with Gasteiger partial charge in [0.05, 0.1) is 0 Å². The van der Waals surface area contributed by atoms with Crippen LogP contribution in [0.15, 0.2) is 24.3 Å². The Morgan fingerprint density at radius 3 is 2.67 bits per heavy atom. The molecule has 1 aliphatic carbocycles. The lowest BCUT2D eigenvalue weighted by atomic mass is 9.85. The molecule has 0 spiro atoms. The quantitative estimate of drug-likeness (QED) is 0.853. The van der Waals surface area contributed by atoms with Gasteiger partial charge in [0.2, 0.25) is 0 Å². The van der Waals surface area contributed by atoms with E-state index in [1.807, 2.05) is 19.2 Å². The van der Waals surface area contributed by atoms with Crippen molar-refractivity contribution in [3.05, 3.63) is 35.6 Å². The molecule has 0 bridgehead atoms. The van der Waals surface area contributed by atoms with E-state index in [9.17, 15) is 4.39 Å². The average Bonchev–Trinajstić information content (AvgIpc) is 2.49. The van der Waals surface area contributed by atoms with Crippen LogP contribution in [-0.2, 0) is 0 Å². The molecule has 0 saturated heterocycles. The maximum absolute atomic E-state index is 13.9. The van der Waals surface area contributed by atoms with E-state index in [1.54, 1.807) is 12.1 Å². The lowest BCUT2D eigenvalue weighted by Gasteiger charge is -2.37. The molecule has 3 unspecified atom stereocenters. The third kappa shape index (κ3) is 4.27. The van der Waals surface area contributed by atoms with Gasteiger partial charge in [0.15, 0.2) is 0 Å². The van der Waals surface area contributed by atoms with E-state index >= 15 is 0 Å². The summed E-state index contributed by atoms with van der Waals surface area (Å²) in [5, 5.41) is 3.26. The van der Waals surface area contributed by atoms with Crippen LogP contribution >= 0.6 is 0 Å². The second kappa shape index (κ2) is 7.90. The molecule has 0 aliphatic heterocycles. The number of nitrogens with one attached hydrogen (secondary N) is 1. The van der Waals surface area contributed by atoms with Gasteiger partial charge < -0.3 is 10.2 Å². The monoisotopic (exact) mass is 292 g/mol. The smallest absolute Gasteiger partial charge is 0.127 e. The number of rotatable bonds is 6. The molecule has 1 aromatic carbocycles. The van der Waals surface area contributed by atoms with Crippen molar-refractivity contribution in [2.45, 2.75) is 51.1 Å². The summed E-state index contributed by atoms with van der Waals surface area (Å²) < 4.78 is 13.9. The van der Waals surface area contributed by atoms with E-state index in [0.29, 0.717) is 6.04 Å². The largest absolute Gasteiger partial charge is 0.313 e. The second-order valence-corrected chi connectivity index (χ2v) is 6.46. The highest BCUT2D eigenvalue weighted by molar-refractivity contribution is 5.21. The Morgan fingerprint density at radius 2 is 2.00 bits per heavy atom. The van der Waals surface area contributed by atoms with E-state index < -0.39 is 0 Å². The molecule has 2 rings (SSSR count). The molecule has 0 aromatic heterocycles. The molecule has 1 saturated carbocycles. The van der Waals surface area contributed by atoms with E-state index in [4.69, 9.17) is 0 Å². The SMILES string of the molecule is CNC(CCN(C)C1CCCCC1C)c1ccccc1F. The van der Waals surface area contributed by atoms with Gasteiger partial charge in [-0.15, -0.1) is 0 Å². The Labute approximate surface area is 128 Å². The fraction of sp³-hybridized carbons (Fsp3) is 0.667. The molecule has 1 aliphatic rings. The zero-order valence-corrected chi connectivity index (χ0v) is 13.6. The Hall–Kier alpha value is -0.930. The zero-order chi connectivity index (χ0) is 15.2. The minimum absolute atomic E-state index is 0.0903. The van der Waals surface area contributed by atoms with Crippen LogP contribution in [0.2, 0.25) is 0 Å². The van der Waals surface area contributed by atoms with Gasteiger partial charge in [0.25, 0.3) is 0 Å². The lowest BCUT2D eigenvalue weighted by molar-refractivity contribution is 0.134. The molecule has 1 N–H and O–H groups in total. The highest BCUT2D eigenvalue weighted by Gasteiger charge is 2.25. The maximum Gasteiger partial charge on any atom is 0.127 e. The number of nitrogens with zero attached hydrogens (tertiary/aromatic N) is 1. The summed E-state index contributed by atoms with van der Waals surface area (Å²) in [4.78, 5) is 2.48. The number of hydrogen-bond donors (Lipinski definition) is 1. The Morgan fingerprint density at radius 1 is 1.29 bits per heavy atom. The second-order valence-electron chi connectivity index (χ2n) is 6.46. The van der Waals surface area contributed by atoms with Gasteiger partial charge in [-0.2, -0.15) is 0 Å². The minimum atomic E-state index is -0.106. The lowest BCUT2D eigenvalue weighted by Crippen LogP contribution is -2.40. The van der Waals surface area contributed by atoms with Crippen molar-refractivity contribution in [1.29, 1.82) is 0 Å². The number of hydrogen-bond acceptors (Lipinski definition) is 2. The molecule has 2 nitrogen and oxygen atoms in total. The van der Waals surface area contributed by atoms with Gasteiger partial charge in [-0.3, -0.25) is 0 Å². The van der Waals surface area contributed by atoms with Crippen LogP contribution in [0.1, 0.15) is 50.6 Å². The molecular formula is C18H29FN2. The summed E-state index contributed by atoms with van der Waals surface area (Å²) in [5.74, 6) is 0.677. The normalized spacial score (nSPS) is 24.2. The van der Waals surface area contributed by atoms with Gasteiger partial charge >= 0.3 is 0 Å². The van der Waals surface area contributed by atoms with Crippen LogP contribution in [0.3, 0.4) is 0 Å². The first-order valence-corrected chi connectivity index (χ1v) is 8.25. The van der Waals surface area contributed by atoms with Gasteiger partial charge in [-0.25, -0.2) is 4.39 Å². The Balaban J connectivity index is 1.92. The molecule has 3 heteroatoms. The summed E-state index contributed by atoms with van der Waals surface area (Å²) in [6, 6.07) is 7.88. The van der Waals surface area contributed by atoms with Crippen LogP contribution in [-0.4, -0.2) is 31.6 Å². The van der Waals surface area contributed by atoms with Crippen molar-refractivity contribution in [2.75, 3.05) is 20.6 Å². The standard InChI is InChI=1S/C18H29FN2/c1-14-8-4-7-11-18(14)21(3)13-12-17(20-2)15-9-5-6-10-16(15)19/h5-6,9-10,14,17-18,20H,4,7-8,11-13H2,1-3H3. The van der Waals surface area contributed by atoms with Crippen molar-refractivity contribution in [3.8, 4) is 0 Å². The highest BCUT2D eigenvalue weighted by Crippen LogP contribution is 2.28. The summed E-state index contributed by atoms with van der Waals surface area (Å²) >= 11 is 0. The minimum Gasteiger partial charge on any atom is -0.313 e. The van der Waals surface area contributed by atoms with Crippen molar-refractivity contribution in [3.63, 3.8) is 0 Å². The van der Waals surface area contributed by atoms with Crippen LogP contribution in [0.4, 0.5) is 4.39 Å². The Kier molecular flexibility index (Phi) is 6.19. The summed E-state index contributed by atoms with van der Waals surface area (Å²) in [6.07, 6.45) is 6.32. The first kappa shape index (κ1) is 16.4. The predicted octanol–water partition coefficient (Wildman–Crippen LogP) is 3.99. The predicted molar refractivity (Wildman–Crippen MR) is 86.9 cm³/mol. The van der Waals surface area contributed by atoms with Crippen LogP contribution in [0.5, 0.6) is 0 Å². The number of benzene rings is 1. The van der Waals surface area contributed by atoms with Gasteiger partial charge in [-0.05, 0) is 51.9 Å². The van der Waals surface area contributed by atoms with Crippen molar-refractivity contribution >= 4 is 0 Å². The third-order valence-electron chi connectivity index (χ3n) is 5.03. The van der Waals surface area contributed by atoms with Gasteiger partial charge in [0, 0.05) is 17.6 Å². The van der Waals surface area contributed by atoms with Gasteiger partial charge in [-0.1, -0.05) is 38.0 Å². The van der Waals surface area contributed by atoms with Crippen LogP contribution in [0.25, 0.3) is 0 Å². The summed E-state index contributed by atoms with van der Waals surface area (Å²) in [5.41, 5.74) is 0.782. The molecule has 0 amide bonds. The fourth-order valence-electron chi connectivity index (χ4n) is 3.66. The average molecular weight is 292 g/mol. The molecule has 1 fully saturated rings. The summed E-state index contributed by atoms with van der Waals surface area (Å²) in [6.45, 7) is 3.38. The Bertz CT molecular complexity index is 435. The van der Waals surface area contributed by atoms with E-state index in [-0.39, 0.29) is 11.9 Å². The van der Waals surface area contributed by atoms with E-state index in [2.05, 4.69) is 24.2 Å². The van der Waals surface area contributed by atoms with Crippen LogP contribution < -0.4 is 5.32 Å². The zero-order valence-electron chi connectivity index (χ0n) is 13.6. The van der Waals surface area contributed by atoms with E-state index in [1.165, 1.54) is 25.7 Å². The van der Waals surface area contributed by atoms with Gasteiger partial charge in [0.1, 0.15) is 5.82 Å². The molecule has 1 aromatic rings. The first-order chi connectivity index (χ1) is 10.1. The molecule has 3 atom stereocenters. The molecule has 118 valence electrons. The molecular weight excluding hydrogens is 263 g/mol. The van der Waals surface area contributed by atoms with Crippen molar-refractivity contribution in [2.24, 2.45) is 5.92 Å². The van der Waals surface area contributed by atoms with Crippen LogP contribution in [0, 0.1) is 11.7 Å². The molecule has 0 heterocycles.